The summed E-state index contributed by atoms with van der Waals surface area (Å²) in [5, 5.41) is 12.9. The van der Waals surface area contributed by atoms with Gasteiger partial charge in [0.2, 0.25) is 23.6 Å². The maximum atomic E-state index is 13.6. The topological polar surface area (TPSA) is 159 Å². The van der Waals surface area contributed by atoms with Gasteiger partial charge in [-0.2, -0.15) is 0 Å². The van der Waals surface area contributed by atoms with Crippen LogP contribution in [0.1, 0.15) is 36.8 Å². The molecule has 0 aliphatic carbocycles. The van der Waals surface area contributed by atoms with Crippen LogP contribution in [0, 0.1) is 0 Å². The Hall–Kier alpha value is -3.63. The highest BCUT2D eigenvalue weighted by Crippen LogP contribution is 2.23. The van der Waals surface area contributed by atoms with Crippen LogP contribution < -0.4 is 16.8 Å². The van der Waals surface area contributed by atoms with E-state index in [9.17, 15) is 24.3 Å². The molecule has 0 aromatic heterocycles. The Balaban J connectivity index is 1.48. The number of aromatic hydroxyl groups is 1. The molecule has 0 spiro atoms. The third-order valence-corrected chi connectivity index (χ3v) is 7.63. The van der Waals surface area contributed by atoms with Crippen molar-refractivity contribution in [2.24, 2.45) is 11.5 Å². The molecule has 2 aromatic carbocycles. The fraction of sp³-hybridized carbons (Fsp3) is 0.429. The van der Waals surface area contributed by atoms with Gasteiger partial charge in [-0.05, 0) is 67.5 Å². The minimum Gasteiger partial charge on any atom is -0.508 e. The van der Waals surface area contributed by atoms with Crippen LogP contribution >= 0.6 is 11.6 Å². The van der Waals surface area contributed by atoms with E-state index >= 15 is 0 Å². The molecule has 2 aliphatic rings. The van der Waals surface area contributed by atoms with Gasteiger partial charge in [0.05, 0.1) is 6.04 Å². The van der Waals surface area contributed by atoms with E-state index in [1.807, 2.05) is 0 Å². The lowest BCUT2D eigenvalue weighted by atomic mass is 10.0. The lowest BCUT2D eigenvalue weighted by molar-refractivity contribution is -0.143. The summed E-state index contributed by atoms with van der Waals surface area (Å²) >= 11 is 6.01. The average molecular weight is 556 g/mol. The van der Waals surface area contributed by atoms with Crippen LogP contribution in [-0.2, 0) is 32.0 Å². The number of nitrogens with two attached hydrogens (primary N) is 2. The van der Waals surface area contributed by atoms with E-state index in [-0.39, 0.29) is 30.4 Å². The number of hydrogen-bond donors (Lipinski definition) is 4. The number of benzene rings is 2. The molecule has 10 nitrogen and oxygen atoms in total. The zero-order valence-electron chi connectivity index (χ0n) is 21.6. The Morgan fingerprint density at radius 3 is 2.03 bits per heavy atom. The van der Waals surface area contributed by atoms with Gasteiger partial charge in [0.25, 0.3) is 0 Å². The summed E-state index contributed by atoms with van der Waals surface area (Å²) in [4.78, 5) is 55.2. The number of carbonyl (C=O) groups excluding carboxylic acids is 4. The number of nitrogens with one attached hydrogen (secondary N) is 1. The lowest BCUT2D eigenvalue weighted by Crippen LogP contribution is -2.57. The maximum absolute atomic E-state index is 13.6. The van der Waals surface area contributed by atoms with Crippen molar-refractivity contribution in [2.45, 2.75) is 62.7 Å². The van der Waals surface area contributed by atoms with Crippen molar-refractivity contribution in [1.82, 2.24) is 15.1 Å². The minimum absolute atomic E-state index is 0.119. The van der Waals surface area contributed by atoms with Gasteiger partial charge < -0.3 is 31.7 Å². The number of phenols is 1. The quantitative estimate of drug-likeness (QED) is 0.363. The summed E-state index contributed by atoms with van der Waals surface area (Å²) in [5.41, 5.74) is 13.3. The standard InChI is InChI=1S/C28H34ClN5O5/c29-19-9-5-18(6-10-19)16-22(28(39)33-13-1-3-23(33)25(31)36)32-26(37)24-4-2-14-34(24)27(38)21(30)15-17-7-11-20(35)12-8-17/h5-12,21-24,35H,1-4,13-16,30H2,(H2,31,36)(H,32,37)/t21-,22+,23-,24-/m0/s1. The maximum Gasteiger partial charge on any atom is 0.246 e. The van der Waals surface area contributed by atoms with Gasteiger partial charge in [-0.1, -0.05) is 35.9 Å². The molecule has 4 atom stereocenters. The first-order chi connectivity index (χ1) is 18.6. The number of likely N-dealkylation sites (tertiary alicyclic amines) is 2. The molecule has 11 heteroatoms. The Morgan fingerprint density at radius 2 is 1.41 bits per heavy atom. The van der Waals surface area contributed by atoms with Crippen molar-refractivity contribution in [3.8, 4) is 5.75 Å². The van der Waals surface area contributed by atoms with Crippen LogP contribution in [0.3, 0.4) is 0 Å². The van der Waals surface area contributed by atoms with Crippen LogP contribution in [-0.4, -0.2) is 75.8 Å². The second-order valence-electron chi connectivity index (χ2n) is 10.2. The fourth-order valence-corrected chi connectivity index (χ4v) is 5.47. The van der Waals surface area contributed by atoms with E-state index in [1.54, 1.807) is 36.4 Å². The smallest absolute Gasteiger partial charge is 0.246 e. The third kappa shape index (κ3) is 6.88. The van der Waals surface area contributed by atoms with E-state index < -0.39 is 36.0 Å². The van der Waals surface area contributed by atoms with Crippen molar-refractivity contribution in [3.05, 3.63) is 64.7 Å². The molecular formula is C28H34ClN5O5. The van der Waals surface area contributed by atoms with Crippen molar-refractivity contribution < 1.29 is 24.3 Å². The first-order valence-electron chi connectivity index (χ1n) is 13.1. The number of nitrogens with zero attached hydrogens (tertiary/aromatic N) is 2. The van der Waals surface area contributed by atoms with Crippen LogP contribution in [0.2, 0.25) is 5.02 Å². The monoisotopic (exact) mass is 555 g/mol. The second kappa shape index (κ2) is 12.5. The van der Waals surface area contributed by atoms with E-state index in [0.717, 1.165) is 11.1 Å². The SMILES string of the molecule is NC(=O)[C@@H]1CCCN1C(=O)[C@@H](Cc1ccc(Cl)cc1)NC(=O)[C@@H]1CCCN1C(=O)[C@@H](N)Cc1ccc(O)cc1. The highest BCUT2D eigenvalue weighted by Gasteiger charge is 2.40. The highest BCUT2D eigenvalue weighted by atomic mass is 35.5. The van der Waals surface area contributed by atoms with Gasteiger partial charge in [0.1, 0.15) is 23.9 Å². The molecule has 2 aromatic rings. The van der Waals surface area contributed by atoms with E-state index in [0.29, 0.717) is 43.8 Å². The minimum atomic E-state index is -0.957. The molecule has 0 saturated carbocycles. The molecule has 2 fully saturated rings. The molecule has 0 unspecified atom stereocenters. The van der Waals surface area contributed by atoms with Crippen molar-refractivity contribution in [3.63, 3.8) is 0 Å². The summed E-state index contributed by atoms with van der Waals surface area (Å²) in [6, 6.07) is 10.1. The highest BCUT2D eigenvalue weighted by molar-refractivity contribution is 6.30. The molecule has 0 bridgehead atoms. The largest absolute Gasteiger partial charge is 0.508 e. The summed E-state index contributed by atoms with van der Waals surface area (Å²) in [5.74, 6) is -1.64. The molecule has 208 valence electrons. The zero-order chi connectivity index (χ0) is 28.1. The number of carbonyl (C=O) groups is 4. The van der Waals surface area contributed by atoms with E-state index in [1.165, 1.54) is 21.9 Å². The van der Waals surface area contributed by atoms with Crippen LogP contribution in [0.25, 0.3) is 0 Å². The Bertz CT molecular complexity index is 1210. The van der Waals surface area contributed by atoms with E-state index in [2.05, 4.69) is 5.32 Å². The molecule has 4 amide bonds. The van der Waals surface area contributed by atoms with Gasteiger partial charge in [0.15, 0.2) is 0 Å². The summed E-state index contributed by atoms with van der Waals surface area (Å²) in [7, 11) is 0. The van der Waals surface area contributed by atoms with Gasteiger partial charge in [-0.25, -0.2) is 0 Å². The molecule has 0 radical (unpaired) electrons. The van der Waals surface area contributed by atoms with Crippen LogP contribution in [0.5, 0.6) is 5.75 Å². The predicted octanol–water partition coefficient (Wildman–Crippen LogP) is 1.11. The summed E-state index contributed by atoms with van der Waals surface area (Å²) in [6.45, 7) is 0.755. The van der Waals surface area contributed by atoms with Gasteiger partial charge >= 0.3 is 0 Å². The Morgan fingerprint density at radius 1 is 0.872 bits per heavy atom. The number of hydrogen-bond acceptors (Lipinski definition) is 6. The number of amides is 4. The Labute approximate surface area is 232 Å². The normalized spacial score (nSPS) is 20.5. The first kappa shape index (κ1) is 28.4. The van der Waals surface area contributed by atoms with E-state index in [4.69, 9.17) is 23.1 Å². The van der Waals surface area contributed by atoms with Gasteiger partial charge in [-0.3, -0.25) is 19.2 Å². The summed E-state index contributed by atoms with van der Waals surface area (Å²) in [6.07, 6.45) is 2.63. The van der Waals surface area contributed by atoms with Gasteiger partial charge in [-0.15, -0.1) is 0 Å². The fourth-order valence-electron chi connectivity index (χ4n) is 5.34. The summed E-state index contributed by atoms with van der Waals surface area (Å²) < 4.78 is 0. The lowest BCUT2D eigenvalue weighted by Gasteiger charge is -2.31. The molecule has 2 saturated heterocycles. The number of phenolic OH excluding ortho intramolecular Hbond substituents is 1. The molecule has 4 rings (SSSR count). The third-order valence-electron chi connectivity index (χ3n) is 7.38. The van der Waals surface area contributed by atoms with Crippen molar-refractivity contribution >= 4 is 35.2 Å². The molecular weight excluding hydrogens is 522 g/mol. The number of primary amides is 1. The second-order valence-corrected chi connectivity index (χ2v) is 10.6. The Kier molecular flexibility index (Phi) is 9.08. The zero-order valence-corrected chi connectivity index (χ0v) is 22.3. The van der Waals surface area contributed by atoms with Crippen molar-refractivity contribution in [1.29, 1.82) is 0 Å². The first-order valence-corrected chi connectivity index (χ1v) is 13.5. The molecule has 2 heterocycles. The van der Waals surface area contributed by atoms with Gasteiger partial charge in [0, 0.05) is 24.5 Å². The molecule has 39 heavy (non-hydrogen) atoms. The molecule has 2 aliphatic heterocycles. The van der Waals surface area contributed by atoms with Crippen LogP contribution in [0.15, 0.2) is 48.5 Å². The number of halogens is 1. The van der Waals surface area contributed by atoms with Crippen LogP contribution in [0.4, 0.5) is 0 Å². The predicted molar refractivity (Wildman–Crippen MR) is 146 cm³/mol. The molecule has 6 N–H and O–H groups in total. The number of rotatable bonds is 9. The average Bonchev–Trinajstić information content (AvgIpc) is 3.60. The van der Waals surface area contributed by atoms with Crippen molar-refractivity contribution in [2.75, 3.05) is 13.1 Å².